The van der Waals surface area contributed by atoms with E-state index in [4.69, 9.17) is 4.74 Å². The van der Waals surface area contributed by atoms with Crippen LogP contribution in [0.2, 0.25) is 0 Å². The molecule has 1 atom stereocenters. The maximum absolute atomic E-state index is 12.7. The zero-order valence-electron chi connectivity index (χ0n) is 14.5. The van der Waals surface area contributed by atoms with Crippen LogP contribution in [0.4, 0.5) is 0 Å². The summed E-state index contributed by atoms with van der Waals surface area (Å²) in [5.74, 6) is 0.638. The molecule has 2 amide bonds. The van der Waals surface area contributed by atoms with Crippen molar-refractivity contribution < 1.29 is 14.3 Å². The van der Waals surface area contributed by atoms with Gasteiger partial charge in [0.25, 0.3) is 11.8 Å². The molecule has 0 bridgehead atoms. The average Bonchev–Trinajstić information content (AvgIpc) is 3.49. The number of ether oxygens (including phenoxy) is 1. The van der Waals surface area contributed by atoms with Gasteiger partial charge < -0.3 is 15.0 Å². The van der Waals surface area contributed by atoms with Gasteiger partial charge in [0.1, 0.15) is 6.10 Å². The maximum Gasteiger partial charge on any atom is 0.251 e. The molecule has 24 heavy (non-hydrogen) atoms. The molecule has 2 saturated carbocycles. The van der Waals surface area contributed by atoms with E-state index >= 15 is 0 Å². The van der Waals surface area contributed by atoms with E-state index in [0.717, 1.165) is 18.4 Å². The van der Waals surface area contributed by atoms with Crippen LogP contribution in [-0.4, -0.2) is 42.5 Å². The van der Waals surface area contributed by atoms with Gasteiger partial charge in [-0.3, -0.25) is 9.59 Å². The predicted molar refractivity (Wildman–Crippen MR) is 91.5 cm³/mol. The highest BCUT2D eigenvalue weighted by Gasteiger charge is 2.35. The van der Waals surface area contributed by atoms with Crippen LogP contribution >= 0.6 is 0 Å². The number of hydrogen-bond donors (Lipinski definition) is 1. The molecular weight excluding hydrogens is 304 g/mol. The summed E-state index contributed by atoms with van der Waals surface area (Å²) in [6.45, 7) is 3.13. The Morgan fingerprint density at radius 3 is 2.42 bits per heavy atom. The van der Waals surface area contributed by atoms with Crippen molar-refractivity contribution in [3.8, 4) is 0 Å². The Kier molecular flexibility index (Phi) is 5.19. The minimum absolute atomic E-state index is 0.0773. The molecule has 2 fully saturated rings. The van der Waals surface area contributed by atoms with Crippen molar-refractivity contribution in [1.82, 2.24) is 10.2 Å². The van der Waals surface area contributed by atoms with Gasteiger partial charge in [-0.1, -0.05) is 12.1 Å². The first-order valence-corrected chi connectivity index (χ1v) is 8.81. The number of nitrogens with one attached hydrogen (secondary N) is 1. The Morgan fingerprint density at radius 2 is 1.88 bits per heavy atom. The molecule has 130 valence electrons. The molecule has 1 N–H and O–H groups in total. The van der Waals surface area contributed by atoms with E-state index in [-0.39, 0.29) is 17.9 Å². The summed E-state index contributed by atoms with van der Waals surface area (Å²) >= 11 is 0. The first kappa shape index (κ1) is 17.0. The van der Waals surface area contributed by atoms with Gasteiger partial charge in [-0.15, -0.1) is 0 Å². The highest BCUT2D eigenvalue weighted by Crippen LogP contribution is 2.31. The maximum atomic E-state index is 12.7. The van der Waals surface area contributed by atoms with E-state index in [1.165, 1.54) is 12.8 Å². The average molecular weight is 330 g/mol. The Balaban J connectivity index is 1.60. The molecule has 5 heteroatoms. The monoisotopic (exact) mass is 330 g/mol. The fourth-order valence-corrected chi connectivity index (χ4v) is 2.75. The van der Waals surface area contributed by atoms with Gasteiger partial charge in [-0.2, -0.15) is 0 Å². The SMILES string of the molecule is CNC(=O)c1ccc(CN(C(=O)C(C)OCC2CC2)C2CC2)cc1. The van der Waals surface area contributed by atoms with E-state index in [1.807, 2.05) is 24.0 Å². The lowest BCUT2D eigenvalue weighted by molar-refractivity contribution is -0.144. The summed E-state index contributed by atoms with van der Waals surface area (Å²) < 4.78 is 5.75. The van der Waals surface area contributed by atoms with E-state index < -0.39 is 0 Å². The lowest BCUT2D eigenvalue weighted by Crippen LogP contribution is -2.40. The zero-order chi connectivity index (χ0) is 17.1. The molecule has 2 aliphatic rings. The van der Waals surface area contributed by atoms with Crippen LogP contribution in [-0.2, 0) is 16.1 Å². The number of carbonyl (C=O) groups is 2. The lowest BCUT2D eigenvalue weighted by Gasteiger charge is -2.26. The Labute approximate surface area is 143 Å². The van der Waals surface area contributed by atoms with E-state index in [0.29, 0.717) is 30.7 Å². The van der Waals surface area contributed by atoms with Gasteiger partial charge in [0.15, 0.2) is 0 Å². The van der Waals surface area contributed by atoms with Crippen molar-refractivity contribution in [2.45, 2.75) is 51.3 Å². The minimum atomic E-state index is -0.378. The molecular formula is C19H26N2O3. The fourth-order valence-electron chi connectivity index (χ4n) is 2.75. The molecule has 0 radical (unpaired) electrons. The van der Waals surface area contributed by atoms with Crippen LogP contribution in [0.5, 0.6) is 0 Å². The highest BCUT2D eigenvalue weighted by molar-refractivity contribution is 5.93. The Morgan fingerprint density at radius 1 is 1.21 bits per heavy atom. The summed E-state index contributed by atoms with van der Waals surface area (Å²) in [7, 11) is 1.62. The van der Waals surface area contributed by atoms with Gasteiger partial charge in [-0.25, -0.2) is 0 Å². The van der Waals surface area contributed by atoms with Crippen molar-refractivity contribution >= 4 is 11.8 Å². The molecule has 0 spiro atoms. The number of hydrogen-bond acceptors (Lipinski definition) is 3. The lowest BCUT2D eigenvalue weighted by atomic mass is 10.1. The molecule has 0 saturated heterocycles. The van der Waals surface area contributed by atoms with Crippen LogP contribution in [0.1, 0.15) is 48.5 Å². The number of carbonyl (C=O) groups excluding carboxylic acids is 2. The number of benzene rings is 1. The minimum Gasteiger partial charge on any atom is -0.368 e. The van der Waals surface area contributed by atoms with Gasteiger partial charge in [0.2, 0.25) is 0 Å². The van der Waals surface area contributed by atoms with Gasteiger partial charge in [0, 0.05) is 25.2 Å². The summed E-state index contributed by atoms with van der Waals surface area (Å²) in [5.41, 5.74) is 1.67. The van der Waals surface area contributed by atoms with Gasteiger partial charge >= 0.3 is 0 Å². The summed E-state index contributed by atoms with van der Waals surface area (Å²) in [6.07, 6.45) is 4.21. The zero-order valence-corrected chi connectivity index (χ0v) is 14.5. The molecule has 0 aliphatic heterocycles. The molecule has 0 heterocycles. The highest BCUT2D eigenvalue weighted by atomic mass is 16.5. The fraction of sp³-hybridized carbons (Fsp3) is 0.579. The molecule has 1 aromatic rings. The van der Waals surface area contributed by atoms with Gasteiger partial charge in [-0.05, 0) is 56.2 Å². The van der Waals surface area contributed by atoms with E-state index in [1.54, 1.807) is 19.2 Å². The molecule has 1 aromatic carbocycles. The van der Waals surface area contributed by atoms with E-state index in [9.17, 15) is 9.59 Å². The Bertz CT molecular complexity index is 591. The standard InChI is InChI=1S/C19H26N2O3/c1-13(24-12-15-3-4-15)19(23)21(17-9-10-17)11-14-5-7-16(8-6-14)18(22)20-2/h5-8,13,15,17H,3-4,9-12H2,1-2H3,(H,20,22). The van der Waals surface area contributed by atoms with Crippen LogP contribution < -0.4 is 5.32 Å². The Hall–Kier alpha value is -1.88. The smallest absolute Gasteiger partial charge is 0.251 e. The van der Waals surface area contributed by atoms with Gasteiger partial charge in [0.05, 0.1) is 6.61 Å². The third kappa shape index (κ3) is 4.35. The topological polar surface area (TPSA) is 58.6 Å². The van der Waals surface area contributed by atoms with Crippen LogP contribution in [0.25, 0.3) is 0 Å². The van der Waals surface area contributed by atoms with Crippen molar-refractivity contribution in [3.63, 3.8) is 0 Å². The second kappa shape index (κ2) is 7.34. The summed E-state index contributed by atoms with van der Waals surface area (Å²) in [5, 5.41) is 2.61. The second-order valence-electron chi connectivity index (χ2n) is 6.89. The molecule has 3 rings (SSSR count). The third-order valence-electron chi connectivity index (χ3n) is 4.69. The van der Waals surface area contributed by atoms with E-state index in [2.05, 4.69) is 5.32 Å². The first-order valence-electron chi connectivity index (χ1n) is 8.81. The second-order valence-corrected chi connectivity index (χ2v) is 6.89. The van der Waals surface area contributed by atoms with Crippen molar-refractivity contribution in [3.05, 3.63) is 35.4 Å². The molecule has 0 aromatic heterocycles. The van der Waals surface area contributed by atoms with Crippen LogP contribution in [0.3, 0.4) is 0 Å². The molecule has 5 nitrogen and oxygen atoms in total. The van der Waals surface area contributed by atoms with Crippen molar-refractivity contribution in [2.75, 3.05) is 13.7 Å². The van der Waals surface area contributed by atoms with Crippen LogP contribution in [0.15, 0.2) is 24.3 Å². The third-order valence-corrected chi connectivity index (χ3v) is 4.69. The molecule has 2 aliphatic carbocycles. The number of amides is 2. The molecule has 1 unspecified atom stereocenters. The van der Waals surface area contributed by atoms with Crippen LogP contribution in [0, 0.1) is 5.92 Å². The normalized spacial score (nSPS) is 18.1. The predicted octanol–water partition coefficient (Wildman–Crippen LogP) is 2.35. The largest absolute Gasteiger partial charge is 0.368 e. The summed E-state index contributed by atoms with van der Waals surface area (Å²) in [4.78, 5) is 26.3. The number of rotatable bonds is 8. The number of nitrogens with zero attached hydrogens (tertiary/aromatic N) is 1. The quantitative estimate of drug-likeness (QED) is 0.796. The summed E-state index contributed by atoms with van der Waals surface area (Å²) in [6, 6.07) is 7.78. The van der Waals surface area contributed by atoms with Crippen molar-refractivity contribution in [2.24, 2.45) is 5.92 Å². The van der Waals surface area contributed by atoms with Crippen molar-refractivity contribution in [1.29, 1.82) is 0 Å². The first-order chi connectivity index (χ1) is 11.6.